The lowest BCUT2D eigenvalue weighted by Gasteiger charge is -2.33. The van der Waals surface area contributed by atoms with Gasteiger partial charge in [-0.15, -0.1) is 0 Å². The first-order valence-electron chi connectivity index (χ1n) is 7.12. The Morgan fingerprint density at radius 1 is 1.45 bits per heavy atom. The number of piperidine rings is 1. The second-order valence-corrected chi connectivity index (χ2v) is 5.04. The molecule has 0 bridgehead atoms. The Bertz CT molecular complexity index is 490. The molecule has 106 valence electrons. The van der Waals surface area contributed by atoms with Crippen LogP contribution < -0.4 is 4.90 Å². The summed E-state index contributed by atoms with van der Waals surface area (Å²) in [4.78, 5) is 14.1. The van der Waals surface area contributed by atoms with E-state index in [1.54, 1.807) is 0 Å². The van der Waals surface area contributed by atoms with E-state index in [9.17, 15) is 4.79 Å². The fraction of sp³-hybridized carbons (Fsp3) is 0.500. The van der Waals surface area contributed by atoms with E-state index in [0.29, 0.717) is 13.0 Å². The molecule has 0 radical (unpaired) electrons. The van der Waals surface area contributed by atoms with Crippen LogP contribution in [-0.2, 0) is 16.0 Å². The molecule has 1 aliphatic rings. The average molecular weight is 272 g/mol. The Hall–Kier alpha value is -2.02. The Morgan fingerprint density at radius 3 is 2.85 bits per heavy atom. The van der Waals surface area contributed by atoms with Crippen LogP contribution in [0.25, 0.3) is 0 Å². The molecule has 1 aromatic carbocycles. The van der Waals surface area contributed by atoms with Gasteiger partial charge in [0.1, 0.15) is 0 Å². The third-order valence-electron chi connectivity index (χ3n) is 3.63. The summed E-state index contributed by atoms with van der Waals surface area (Å²) in [6.07, 6.45) is 2.34. The SMILES string of the molecule is CCOC(=O)C1CCCN(c2ccc(CC#N)cc2)C1. The molecule has 0 aliphatic carbocycles. The predicted octanol–water partition coefficient (Wildman–Crippen LogP) is 2.53. The largest absolute Gasteiger partial charge is 0.466 e. The van der Waals surface area contributed by atoms with Crippen LogP contribution in [0.15, 0.2) is 24.3 Å². The molecule has 1 aliphatic heterocycles. The van der Waals surface area contributed by atoms with Crippen molar-refractivity contribution in [2.24, 2.45) is 5.92 Å². The molecule has 0 N–H and O–H groups in total. The molecule has 4 nitrogen and oxygen atoms in total. The Balaban J connectivity index is 2.01. The topological polar surface area (TPSA) is 53.3 Å². The van der Waals surface area contributed by atoms with Gasteiger partial charge in [-0.05, 0) is 37.5 Å². The van der Waals surface area contributed by atoms with Gasteiger partial charge in [0.2, 0.25) is 0 Å². The van der Waals surface area contributed by atoms with E-state index in [4.69, 9.17) is 10.00 Å². The molecule has 1 saturated heterocycles. The van der Waals surface area contributed by atoms with E-state index in [0.717, 1.165) is 37.2 Å². The second-order valence-electron chi connectivity index (χ2n) is 5.04. The lowest BCUT2D eigenvalue weighted by Crippen LogP contribution is -2.39. The highest BCUT2D eigenvalue weighted by atomic mass is 16.5. The van der Waals surface area contributed by atoms with Crippen molar-refractivity contribution >= 4 is 11.7 Å². The van der Waals surface area contributed by atoms with Gasteiger partial charge in [-0.2, -0.15) is 5.26 Å². The summed E-state index contributed by atoms with van der Waals surface area (Å²) in [6, 6.07) is 10.2. The van der Waals surface area contributed by atoms with Gasteiger partial charge in [-0.3, -0.25) is 4.79 Å². The molecular formula is C16H20N2O2. The van der Waals surface area contributed by atoms with Crippen molar-refractivity contribution in [3.8, 4) is 6.07 Å². The fourth-order valence-corrected chi connectivity index (χ4v) is 2.58. The van der Waals surface area contributed by atoms with Gasteiger partial charge >= 0.3 is 5.97 Å². The highest BCUT2D eigenvalue weighted by Crippen LogP contribution is 2.24. The Morgan fingerprint density at radius 2 is 2.20 bits per heavy atom. The van der Waals surface area contributed by atoms with Crippen LogP contribution in [0.1, 0.15) is 25.3 Å². The monoisotopic (exact) mass is 272 g/mol. The normalized spacial score (nSPS) is 18.4. The third kappa shape index (κ3) is 3.51. The average Bonchev–Trinajstić information content (AvgIpc) is 2.49. The number of hydrogen-bond acceptors (Lipinski definition) is 4. The maximum absolute atomic E-state index is 11.8. The van der Waals surface area contributed by atoms with Crippen LogP contribution in [0.2, 0.25) is 0 Å². The minimum absolute atomic E-state index is 0.0255. The minimum atomic E-state index is -0.0849. The molecule has 1 aromatic rings. The van der Waals surface area contributed by atoms with Crippen molar-refractivity contribution in [2.75, 3.05) is 24.6 Å². The van der Waals surface area contributed by atoms with Crippen molar-refractivity contribution < 1.29 is 9.53 Å². The van der Waals surface area contributed by atoms with Crippen LogP contribution >= 0.6 is 0 Å². The zero-order valence-electron chi connectivity index (χ0n) is 11.8. The summed E-state index contributed by atoms with van der Waals surface area (Å²) < 4.78 is 5.11. The number of carbonyl (C=O) groups excluding carboxylic acids is 1. The summed E-state index contributed by atoms with van der Waals surface area (Å²) in [5, 5.41) is 8.67. The molecule has 2 rings (SSSR count). The van der Waals surface area contributed by atoms with E-state index < -0.39 is 0 Å². The molecule has 1 atom stereocenters. The van der Waals surface area contributed by atoms with Crippen LogP contribution in [0, 0.1) is 17.2 Å². The standard InChI is InChI=1S/C16H20N2O2/c1-2-20-16(19)14-4-3-11-18(12-14)15-7-5-13(6-8-15)9-10-17/h5-8,14H,2-4,9,11-12H2,1H3. The number of hydrogen-bond donors (Lipinski definition) is 0. The van der Waals surface area contributed by atoms with Crippen molar-refractivity contribution in [2.45, 2.75) is 26.2 Å². The first-order valence-corrected chi connectivity index (χ1v) is 7.12. The Labute approximate surface area is 120 Å². The maximum Gasteiger partial charge on any atom is 0.310 e. The van der Waals surface area contributed by atoms with Crippen molar-refractivity contribution in [3.63, 3.8) is 0 Å². The van der Waals surface area contributed by atoms with Crippen molar-refractivity contribution in [1.29, 1.82) is 5.26 Å². The molecule has 0 saturated carbocycles. The van der Waals surface area contributed by atoms with Gasteiger partial charge in [0.05, 0.1) is 25.0 Å². The van der Waals surface area contributed by atoms with Gasteiger partial charge in [0.25, 0.3) is 0 Å². The lowest BCUT2D eigenvalue weighted by atomic mass is 9.97. The number of carbonyl (C=O) groups is 1. The summed E-state index contributed by atoms with van der Waals surface area (Å²) in [7, 11) is 0. The minimum Gasteiger partial charge on any atom is -0.466 e. The quantitative estimate of drug-likeness (QED) is 0.790. The van der Waals surface area contributed by atoms with Crippen molar-refractivity contribution in [3.05, 3.63) is 29.8 Å². The first kappa shape index (κ1) is 14.4. The second kappa shape index (κ2) is 6.95. The molecular weight excluding hydrogens is 252 g/mol. The summed E-state index contributed by atoms with van der Waals surface area (Å²) in [6.45, 7) is 3.97. The van der Waals surface area contributed by atoms with E-state index in [1.165, 1.54) is 0 Å². The van der Waals surface area contributed by atoms with E-state index in [-0.39, 0.29) is 11.9 Å². The highest BCUT2D eigenvalue weighted by molar-refractivity contribution is 5.73. The van der Waals surface area contributed by atoms with Gasteiger partial charge in [0.15, 0.2) is 0 Å². The van der Waals surface area contributed by atoms with Crippen LogP contribution in [0.3, 0.4) is 0 Å². The van der Waals surface area contributed by atoms with Gasteiger partial charge < -0.3 is 9.64 Å². The van der Waals surface area contributed by atoms with E-state index in [2.05, 4.69) is 11.0 Å². The van der Waals surface area contributed by atoms with Crippen molar-refractivity contribution in [1.82, 2.24) is 0 Å². The first-order chi connectivity index (χ1) is 9.74. The zero-order valence-corrected chi connectivity index (χ0v) is 11.8. The van der Waals surface area contributed by atoms with Crippen LogP contribution in [-0.4, -0.2) is 25.7 Å². The molecule has 1 unspecified atom stereocenters. The molecule has 20 heavy (non-hydrogen) atoms. The molecule has 1 heterocycles. The number of esters is 1. The molecule has 0 spiro atoms. The van der Waals surface area contributed by atoms with E-state index in [1.807, 2.05) is 31.2 Å². The number of anilines is 1. The predicted molar refractivity (Wildman–Crippen MR) is 77.3 cm³/mol. The van der Waals surface area contributed by atoms with Gasteiger partial charge in [-0.25, -0.2) is 0 Å². The number of nitriles is 1. The molecule has 1 fully saturated rings. The zero-order chi connectivity index (χ0) is 14.4. The van der Waals surface area contributed by atoms with Crippen LogP contribution in [0.5, 0.6) is 0 Å². The molecule has 4 heteroatoms. The smallest absolute Gasteiger partial charge is 0.310 e. The maximum atomic E-state index is 11.8. The van der Waals surface area contributed by atoms with Crippen LogP contribution in [0.4, 0.5) is 5.69 Å². The van der Waals surface area contributed by atoms with Gasteiger partial charge in [0, 0.05) is 18.8 Å². The number of ether oxygens (including phenoxy) is 1. The number of benzene rings is 1. The fourth-order valence-electron chi connectivity index (χ4n) is 2.58. The highest BCUT2D eigenvalue weighted by Gasteiger charge is 2.26. The number of nitrogens with zero attached hydrogens (tertiary/aromatic N) is 2. The summed E-state index contributed by atoms with van der Waals surface area (Å²) in [5.74, 6) is -0.110. The molecule has 0 aromatic heterocycles. The lowest BCUT2D eigenvalue weighted by molar-refractivity contribution is -0.148. The third-order valence-corrected chi connectivity index (χ3v) is 3.63. The van der Waals surface area contributed by atoms with Gasteiger partial charge in [-0.1, -0.05) is 12.1 Å². The number of rotatable bonds is 4. The molecule has 0 amide bonds. The Kier molecular flexibility index (Phi) is 5.00. The summed E-state index contributed by atoms with van der Waals surface area (Å²) >= 11 is 0. The van der Waals surface area contributed by atoms with E-state index >= 15 is 0 Å². The summed E-state index contributed by atoms with van der Waals surface area (Å²) in [5.41, 5.74) is 2.14.